The van der Waals surface area contributed by atoms with Crippen molar-refractivity contribution in [2.45, 2.75) is 31.7 Å². The minimum absolute atomic E-state index is 0.0124. The normalized spacial score (nSPS) is 15.9. The van der Waals surface area contributed by atoms with Gasteiger partial charge >= 0.3 is 0 Å². The van der Waals surface area contributed by atoms with E-state index >= 15 is 0 Å². The van der Waals surface area contributed by atoms with E-state index < -0.39 is 6.04 Å². The van der Waals surface area contributed by atoms with Gasteiger partial charge in [0.15, 0.2) is 0 Å². The topological polar surface area (TPSA) is 66.0 Å². The molecule has 3 rings (SSSR count). The number of hydrogen-bond donors (Lipinski definition) is 3. The van der Waals surface area contributed by atoms with Crippen LogP contribution in [-0.4, -0.2) is 37.1 Å². The molecule has 1 aliphatic heterocycles. The lowest BCUT2D eigenvalue weighted by Gasteiger charge is -2.24. The fourth-order valence-corrected chi connectivity index (χ4v) is 3.83. The fourth-order valence-electron chi connectivity index (χ4n) is 3.63. The summed E-state index contributed by atoms with van der Waals surface area (Å²) in [6.07, 6.45) is 7.83. The average molecular weight is 401 g/mol. The minimum atomic E-state index is -0.391. The molecule has 2 aromatic rings. The number of carbonyl (C=O) groups excluding carboxylic acids is 1. The van der Waals surface area contributed by atoms with Crippen LogP contribution in [0.3, 0.4) is 0 Å². The van der Waals surface area contributed by atoms with E-state index in [9.17, 15) is 4.79 Å². The Morgan fingerprint density at radius 2 is 1.96 bits per heavy atom. The second-order valence-electron chi connectivity index (χ2n) is 7.32. The Labute approximate surface area is 172 Å². The van der Waals surface area contributed by atoms with Crippen LogP contribution >= 0.6 is 11.6 Å². The van der Waals surface area contributed by atoms with Gasteiger partial charge in [0, 0.05) is 24.0 Å². The van der Waals surface area contributed by atoms with Gasteiger partial charge in [0.05, 0.1) is 0 Å². The Balaban J connectivity index is 1.55. The highest BCUT2D eigenvalue weighted by Gasteiger charge is 2.21. The molecule has 0 bridgehead atoms. The van der Waals surface area contributed by atoms with Crippen LogP contribution in [0.1, 0.15) is 36.4 Å². The summed E-state index contributed by atoms with van der Waals surface area (Å²) in [7, 11) is 0. The first-order valence-electron chi connectivity index (χ1n) is 10.1. The third kappa shape index (κ3) is 6.59. The van der Waals surface area contributed by atoms with Gasteiger partial charge in [0.25, 0.3) is 0 Å². The Bertz CT molecular complexity index is 734. The maximum atomic E-state index is 12.9. The maximum absolute atomic E-state index is 12.9. The van der Waals surface area contributed by atoms with E-state index in [0.29, 0.717) is 11.6 Å². The smallest absolute Gasteiger partial charge is 0.241 e. The molecule has 0 saturated carbocycles. The van der Waals surface area contributed by atoms with E-state index in [1.807, 2.05) is 36.4 Å². The largest absolute Gasteiger partial charge is 0.354 e. The van der Waals surface area contributed by atoms with E-state index in [0.717, 1.165) is 49.5 Å². The molecule has 0 spiro atoms. The van der Waals surface area contributed by atoms with Gasteiger partial charge in [-0.25, -0.2) is 0 Å². The zero-order valence-electron chi connectivity index (χ0n) is 16.2. The fraction of sp³-hybridized carbons (Fsp3) is 0.455. The summed E-state index contributed by atoms with van der Waals surface area (Å²) in [6, 6.07) is 11.1. The van der Waals surface area contributed by atoms with Crippen LogP contribution in [0.5, 0.6) is 0 Å². The number of hydrogen-bond acceptors (Lipinski definition) is 4. The van der Waals surface area contributed by atoms with Crippen LogP contribution in [0.15, 0.2) is 48.8 Å². The van der Waals surface area contributed by atoms with Crippen molar-refractivity contribution < 1.29 is 4.79 Å². The quantitative estimate of drug-likeness (QED) is 0.605. The summed E-state index contributed by atoms with van der Waals surface area (Å²) < 4.78 is 0. The summed E-state index contributed by atoms with van der Waals surface area (Å²) in [6.45, 7) is 3.60. The van der Waals surface area contributed by atoms with Gasteiger partial charge in [0.2, 0.25) is 5.91 Å². The molecule has 0 unspecified atom stereocenters. The van der Waals surface area contributed by atoms with Crippen LogP contribution in [-0.2, 0) is 11.2 Å². The third-order valence-corrected chi connectivity index (χ3v) is 5.50. The van der Waals surface area contributed by atoms with E-state index in [2.05, 4.69) is 20.9 Å². The van der Waals surface area contributed by atoms with Crippen LogP contribution < -0.4 is 16.0 Å². The number of amides is 1. The summed E-state index contributed by atoms with van der Waals surface area (Å²) >= 11 is 6.16. The number of halogens is 1. The van der Waals surface area contributed by atoms with Gasteiger partial charge in [-0.15, -0.1) is 0 Å². The molecule has 5 nitrogen and oxygen atoms in total. The number of nitrogens with zero attached hydrogens (tertiary/aromatic N) is 1. The third-order valence-electron chi connectivity index (χ3n) is 5.27. The summed E-state index contributed by atoms with van der Waals surface area (Å²) in [5.74, 6) is 0.713. The number of nitrogens with one attached hydrogen (secondary N) is 3. The SMILES string of the molecule is O=C(NCCc1ccncc1)[C@@H](NCCC1CCNCC1)c1cccc(Cl)c1. The Kier molecular flexibility index (Phi) is 8.27. The number of piperidine rings is 1. The van der Waals surface area contributed by atoms with Gasteiger partial charge in [0.1, 0.15) is 6.04 Å². The molecule has 1 aromatic carbocycles. The number of pyridine rings is 1. The van der Waals surface area contributed by atoms with Gasteiger partial charge in [-0.1, -0.05) is 23.7 Å². The predicted molar refractivity (Wildman–Crippen MR) is 113 cm³/mol. The number of carbonyl (C=O) groups is 1. The van der Waals surface area contributed by atoms with Crippen LogP contribution in [0.4, 0.5) is 0 Å². The van der Waals surface area contributed by atoms with Crippen molar-refractivity contribution in [1.82, 2.24) is 20.9 Å². The molecule has 1 fully saturated rings. The molecule has 150 valence electrons. The van der Waals surface area contributed by atoms with Crippen LogP contribution in [0.2, 0.25) is 5.02 Å². The van der Waals surface area contributed by atoms with Gasteiger partial charge in [-0.3, -0.25) is 9.78 Å². The van der Waals surface area contributed by atoms with Gasteiger partial charge in [-0.2, -0.15) is 0 Å². The summed E-state index contributed by atoms with van der Waals surface area (Å²) in [5.41, 5.74) is 2.06. The second-order valence-corrected chi connectivity index (χ2v) is 7.76. The van der Waals surface area contributed by atoms with Gasteiger partial charge in [-0.05, 0) is 86.6 Å². The molecule has 2 heterocycles. The second kappa shape index (κ2) is 11.1. The Morgan fingerprint density at radius 1 is 1.18 bits per heavy atom. The lowest BCUT2D eigenvalue weighted by molar-refractivity contribution is -0.123. The van der Waals surface area contributed by atoms with Gasteiger partial charge < -0.3 is 16.0 Å². The highest BCUT2D eigenvalue weighted by atomic mass is 35.5. The summed E-state index contributed by atoms with van der Waals surface area (Å²) in [5, 5.41) is 10.6. The number of rotatable bonds is 9. The predicted octanol–water partition coefficient (Wildman–Crippen LogP) is 3.11. The number of aromatic nitrogens is 1. The Hall–Kier alpha value is -1.95. The zero-order valence-corrected chi connectivity index (χ0v) is 16.9. The molecule has 1 atom stereocenters. The lowest BCUT2D eigenvalue weighted by atomic mass is 9.94. The van der Waals surface area contributed by atoms with Crippen molar-refractivity contribution in [2.75, 3.05) is 26.2 Å². The van der Waals surface area contributed by atoms with E-state index in [-0.39, 0.29) is 5.91 Å². The maximum Gasteiger partial charge on any atom is 0.241 e. The van der Waals surface area contributed by atoms with Crippen LogP contribution in [0.25, 0.3) is 0 Å². The lowest BCUT2D eigenvalue weighted by Crippen LogP contribution is -2.39. The first-order chi connectivity index (χ1) is 13.7. The summed E-state index contributed by atoms with van der Waals surface area (Å²) in [4.78, 5) is 16.9. The highest BCUT2D eigenvalue weighted by Crippen LogP contribution is 2.20. The Morgan fingerprint density at radius 3 is 2.71 bits per heavy atom. The first-order valence-corrected chi connectivity index (χ1v) is 10.5. The van der Waals surface area contributed by atoms with Crippen molar-refractivity contribution in [3.63, 3.8) is 0 Å². The molecule has 1 saturated heterocycles. The standard InChI is InChI=1S/C22H29ClN4O/c23-20-3-1-2-19(16-20)21(26-14-8-17-4-10-24-11-5-17)22(28)27-15-9-18-6-12-25-13-7-18/h1-3,6-7,12-13,16-17,21,24,26H,4-5,8-11,14-15H2,(H,27,28)/t21-/m0/s1. The molecular formula is C22H29ClN4O. The molecule has 28 heavy (non-hydrogen) atoms. The first kappa shape index (κ1) is 20.8. The molecule has 0 aliphatic carbocycles. The van der Waals surface area contributed by atoms with Crippen LogP contribution in [0, 0.1) is 5.92 Å². The molecule has 3 N–H and O–H groups in total. The molecule has 1 aliphatic rings. The monoisotopic (exact) mass is 400 g/mol. The van der Waals surface area contributed by atoms with E-state index in [4.69, 9.17) is 11.6 Å². The minimum Gasteiger partial charge on any atom is -0.354 e. The van der Waals surface area contributed by atoms with Crippen molar-refractivity contribution in [3.05, 3.63) is 64.9 Å². The number of benzene rings is 1. The van der Waals surface area contributed by atoms with Crippen molar-refractivity contribution >= 4 is 17.5 Å². The van der Waals surface area contributed by atoms with E-state index in [1.54, 1.807) is 12.4 Å². The van der Waals surface area contributed by atoms with Crippen molar-refractivity contribution in [1.29, 1.82) is 0 Å². The molecule has 1 amide bonds. The molecular weight excluding hydrogens is 372 g/mol. The molecule has 1 aromatic heterocycles. The highest BCUT2D eigenvalue weighted by molar-refractivity contribution is 6.30. The van der Waals surface area contributed by atoms with Crippen molar-refractivity contribution in [2.24, 2.45) is 5.92 Å². The van der Waals surface area contributed by atoms with Crippen molar-refractivity contribution in [3.8, 4) is 0 Å². The van der Waals surface area contributed by atoms with E-state index in [1.165, 1.54) is 12.8 Å². The zero-order chi connectivity index (χ0) is 19.6. The average Bonchev–Trinajstić information content (AvgIpc) is 2.72. The molecule has 6 heteroatoms. The molecule has 0 radical (unpaired) electrons.